The smallest absolute Gasteiger partial charge is 0.293 e. The van der Waals surface area contributed by atoms with Crippen molar-refractivity contribution < 1.29 is 13.2 Å². The molecule has 124 valence electrons. The Labute approximate surface area is 140 Å². The predicted molar refractivity (Wildman–Crippen MR) is 84.5 cm³/mol. The van der Waals surface area contributed by atoms with Crippen LogP contribution in [0.25, 0.3) is 10.2 Å². The van der Waals surface area contributed by atoms with Gasteiger partial charge in [0, 0.05) is 54.3 Å². The van der Waals surface area contributed by atoms with Crippen molar-refractivity contribution in [1.82, 2.24) is 19.9 Å². The zero-order chi connectivity index (χ0) is 16.7. The molecular formula is C16H13F3N4S. The van der Waals surface area contributed by atoms with Crippen LogP contribution in [0.15, 0.2) is 30.6 Å². The molecule has 0 bridgehead atoms. The molecule has 0 aromatic carbocycles. The molecule has 3 aromatic rings. The van der Waals surface area contributed by atoms with Crippen molar-refractivity contribution >= 4 is 21.6 Å². The monoisotopic (exact) mass is 350 g/mol. The van der Waals surface area contributed by atoms with E-state index in [4.69, 9.17) is 0 Å². The highest BCUT2D eigenvalue weighted by atomic mass is 32.1. The molecule has 0 unspecified atom stereocenters. The minimum Gasteiger partial charge on any atom is -0.293 e. The Bertz CT molecular complexity index is 857. The van der Waals surface area contributed by atoms with Crippen LogP contribution in [0.5, 0.6) is 0 Å². The van der Waals surface area contributed by atoms with E-state index in [9.17, 15) is 13.2 Å². The van der Waals surface area contributed by atoms with Crippen LogP contribution in [0.1, 0.15) is 22.0 Å². The van der Waals surface area contributed by atoms with Crippen molar-refractivity contribution in [2.75, 3.05) is 6.54 Å². The second-order valence-corrected chi connectivity index (χ2v) is 6.85. The number of rotatable bonds is 2. The van der Waals surface area contributed by atoms with Gasteiger partial charge in [0.25, 0.3) is 0 Å². The van der Waals surface area contributed by atoms with E-state index in [1.807, 2.05) is 12.1 Å². The maximum atomic E-state index is 12.7. The Morgan fingerprint density at radius 3 is 2.92 bits per heavy atom. The van der Waals surface area contributed by atoms with Crippen LogP contribution in [-0.2, 0) is 25.7 Å². The van der Waals surface area contributed by atoms with Gasteiger partial charge in [0.05, 0.1) is 5.69 Å². The Morgan fingerprint density at radius 2 is 2.12 bits per heavy atom. The second kappa shape index (κ2) is 5.78. The highest BCUT2D eigenvalue weighted by Crippen LogP contribution is 2.29. The lowest BCUT2D eigenvalue weighted by Gasteiger charge is -2.27. The predicted octanol–water partition coefficient (Wildman–Crippen LogP) is 3.66. The molecule has 0 amide bonds. The van der Waals surface area contributed by atoms with Gasteiger partial charge >= 0.3 is 6.18 Å². The number of hydrogen-bond donors (Lipinski definition) is 0. The van der Waals surface area contributed by atoms with Crippen molar-refractivity contribution in [3.8, 4) is 0 Å². The van der Waals surface area contributed by atoms with Crippen LogP contribution in [0, 0.1) is 0 Å². The first-order chi connectivity index (χ1) is 11.5. The summed E-state index contributed by atoms with van der Waals surface area (Å²) in [4.78, 5) is 15.9. The van der Waals surface area contributed by atoms with Crippen molar-refractivity contribution in [3.63, 3.8) is 0 Å². The third kappa shape index (κ3) is 2.99. The lowest BCUT2D eigenvalue weighted by atomic mass is 10.1. The van der Waals surface area contributed by atoms with Gasteiger partial charge in [0.2, 0.25) is 5.82 Å². The Balaban J connectivity index is 1.52. The third-order valence-corrected chi connectivity index (χ3v) is 5.03. The number of halogens is 3. The summed E-state index contributed by atoms with van der Waals surface area (Å²) in [6, 6.07) is 6.05. The van der Waals surface area contributed by atoms with E-state index < -0.39 is 12.0 Å². The van der Waals surface area contributed by atoms with Crippen molar-refractivity contribution in [2.24, 2.45) is 0 Å². The van der Waals surface area contributed by atoms with Crippen LogP contribution >= 0.6 is 11.3 Å². The highest BCUT2D eigenvalue weighted by Gasteiger charge is 2.35. The number of fused-ring (bicyclic) bond motifs is 2. The summed E-state index contributed by atoms with van der Waals surface area (Å²) in [5, 5.41) is 1.12. The number of hydrogen-bond acceptors (Lipinski definition) is 5. The highest BCUT2D eigenvalue weighted by molar-refractivity contribution is 7.18. The van der Waals surface area contributed by atoms with Crippen LogP contribution in [0.2, 0.25) is 0 Å². The average molecular weight is 350 g/mol. The largest absolute Gasteiger partial charge is 0.451 e. The molecule has 0 N–H and O–H groups in total. The molecule has 4 rings (SSSR count). The SMILES string of the molecule is FC(F)(F)c1ncc2c(n1)CCN(Cc1cc3cccnc3s1)C2. The summed E-state index contributed by atoms with van der Waals surface area (Å²) < 4.78 is 38.1. The van der Waals surface area contributed by atoms with Crippen molar-refractivity contribution in [1.29, 1.82) is 0 Å². The third-order valence-electron chi connectivity index (χ3n) is 3.99. The standard InChI is InChI=1S/C16H13F3N4S/c17-16(18,19)15-21-7-11-8-23(5-3-13(11)22-15)9-12-6-10-2-1-4-20-14(10)24-12/h1-2,4,6-7H,3,5,8-9H2. The first kappa shape index (κ1) is 15.5. The minimum absolute atomic E-state index is 0.504. The molecule has 0 saturated carbocycles. The van der Waals surface area contributed by atoms with Gasteiger partial charge in [-0.3, -0.25) is 4.90 Å². The lowest BCUT2D eigenvalue weighted by molar-refractivity contribution is -0.145. The van der Waals surface area contributed by atoms with Gasteiger partial charge in [0.15, 0.2) is 0 Å². The summed E-state index contributed by atoms with van der Waals surface area (Å²) in [6.07, 6.45) is -0.903. The van der Waals surface area contributed by atoms with Gasteiger partial charge in [-0.05, 0) is 12.1 Å². The minimum atomic E-state index is -4.49. The van der Waals surface area contributed by atoms with Gasteiger partial charge < -0.3 is 0 Å². The van der Waals surface area contributed by atoms with Crippen molar-refractivity contribution in [3.05, 3.63) is 52.6 Å². The van der Waals surface area contributed by atoms with Crippen LogP contribution in [0.3, 0.4) is 0 Å². The first-order valence-corrected chi connectivity index (χ1v) is 8.28. The molecular weight excluding hydrogens is 337 g/mol. The van der Waals surface area contributed by atoms with E-state index in [1.165, 1.54) is 11.1 Å². The summed E-state index contributed by atoms with van der Waals surface area (Å²) >= 11 is 1.65. The molecule has 0 radical (unpaired) electrons. The number of pyridine rings is 1. The van der Waals surface area contributed by atoms with Crippen molar-refractivity contribution in [2.45, 2.75) is 25.7 Å². The summed E-state index contributed by atoms with van der Waals surface area (Å²) in [7, 11) is 0. The molecule has 24 heavy (non-hydrogen) atoms. The Hall–Kier alpha value is -2.06. The zero-order valence-electron chi connectivity index (χ0n) is 12.5. The Morgan fingerprint density at radius 1 is 1.25 bits per heavy atom. The fourth-order valence-electron chi connectivity index (χ4n) is 2.87. The summed E-state index contributed by atoms with van der Waals surface area (Å²) in [5.41, 5.74) is 1.28. The van der Waals surface area contributed by atoms with E-state index in [2.05, 4.69) is 25.9 Å². The summed E-state index contributed by atoms with van der Waals surface area (Å²) in [6.45, 7) is 2.00. The van der Waals surface area contributed by atoms with Gasteiger partial charge in [-0.1, -0.05) is 6.07 Å². The van der Waals surface area contributed by atoms with Gasteiger partial charge in [-0.15, -0.1) is 11.3 Å². The molecule has 0 spiro atoms. The quantitative estimate of drug-likeness (QED) is 0.707. The number of aromatic nitrogens is 3. The molecule has 1 aliphatic rings. The van der Waals surface area contributed by atoms with Gasteiger partial charge in [-0.25, -0.2) is 15.0 Å². The number of nitrogens with zero attached hydrogens (tertiary/aromatic N) is 4. The molecule has 1 aliphatic heterocycles. The van der Waals surface area contributed by atoms with E-state index in [-0.39, 0.29) is 0 Å². The molecule has 0 saturated heterocycles. The van der Waals surface area contributed by atoms with Gasteiger partial charge in [0.1, 0.15) is 4.83 Å². The van der Waals surface area contributed by atoms with Crippen LogP contribution in [-0.4, -0.2) is 26.4 Å². The van der Waals surface area contributed by atoms with E-state index in [0.29, 0.717) is 25.2 Å². The molecule has 0 atom stereocenters. The van der Waals surface area contributed by atoms with E-state index in [0.717, 1.165) is 22.3 Å². The lowest BCUT2D eigenvalue weighted by Crippen LogP contribution is -2.31. The van der Waals surface area contributed by atoms with E-state index >= 15 is 0 Å². The Kier molecular flexibility index (Phi) is 3.73. The van der Waals surface area contributed by atoms with Crippen LogP contribution < -0.4 is 0 Å². The maximum Gasteiger partial charge on any atom is 0.451 e. The average Bonchev–Trinajstić information content (AvgIpc) is 2.95. The molecule has 4 nitrogen and oxygen atoms in total. The molecule has 0 aliphatic carbocycles. The topological polar surface area (TPSA) is 41.9 Å². The second-order valence-electron chi connectivity index (χ2n) is 5.73. The zero-order valence-corrected chi connectivity index (χ0v) is 13.4. The first-order valence-electron chi connectivity index (χ1n) is 7.47. The molecule has 0 fully saturated rings. The van der Waals surface area contributed by atoms with Crippen LogP contribution in [0.4, 0.5) is 13.2 Å². The maximum absolute atomic E-state index is 12.7. The molecule has 4 heterocycles. The van der Waals surface area contributed by atoms with Gasteiger partial charge in [-0.2, -0.15) is 13.2 Å². The fraction of sp³-hybridized carbons (Fsp3) is 0.312. The number of alkyl halides is 3. The van der Waals surface area contributed by atoms with E-state index in [1.54, 1.807) is 17.5 Å². The summed E-state index contributed by atoms with van der Waals surface area (Å²) in [5.74, 6) is -1.05. The molecule has 8 heteroatoms. The number of thiophene rings is 1. The molecule has 3 aromatic heterocycles. The fourth-order valence-corrected chi connectivity index (χ4v) is 3.91. The normalized spacial score (nSPS) is 15.6.